The molecule has 146 valence electrons. The van der Waals surface area contributed by atoms with E-state index in [9.17, 15) is 13.2 Å². The van der Waals surface area contributed by atoms with E-state index in [0.717, 1.165) is 0 Å². The van der Waals surface area contributed by atoms with Gasteiger partial charge in [-0.1, -0.05) is 0 Å². The Labute approximate surface area is 158 Å². The van der Waals surface area contributed by atoms with Crippen LogP contribution in [0.4, 0.5) is 0 Å². The van der Waals surface area contributed by atoms with E-state index >= 15 is 0 Å². The van der Waals surface area contributed by atoms with Gasteiger partial charge < -0.3 is 9.47 Å². The second kappa shape index (κ2) is 8.20. The van der Waals surface area contributed by atoms with Crippen LogP contribution in [0.5, 0.6) is 0 Å². The first-order valence-electron chi connectivity index (χ1n) is 8.76. The average Bonchev–Trinajstić information content (AvgIpc) is 3.14. The molecule has 2 aromatic rings. The van der Waals surface area contributed by atoms with Crippen LogP contribution in [0.15, 0.2) is 47.6 Å². The molecule has 8 nitrogen and oxygen atoms in total. The fraction of sp³-hybridized carbons (Fsp3) is 0.444. The van der Waals surface area contributed by atoms with Crippen molar-refractivity contribution in [2.45, 2.75) is 37.5 Å². The summed E-state index contributed by atoms with van der Waals surface area (Å²) >= 11 is 0. The first-order chi connectivity index (χ1) is 12.9. The molecular weight excluding hydrogens is 370 g/mol. The highest BCUT2D eigenvalue weighted by Gasteiger charge is 2.32. The molecule has 2 atom stereocenters. The van der Waals surface area contributed by atoms with Crippen molar-refractivity contribution in [1.29, 1.82) is 0 Å². The second-order valence-electron chi connectivity index (χ2n) is 6.51. The Balaban J connectivity index is 1.62. The molecule has 2 heterocycles. The van der Waals surface area contributed by atoms with E-state index in [-0.39, 0.29) is 23.7 Å². The van der Waals surface area contributed by atoms with Crippen LogP contribution in [-0.4, -0.2) is 60.4 Å². The number of nitrogens with zero attached hydrogens (tertiary/aromatic N) is 3. The first-order valence-corrected chi connectivity index (χ1v) is 10.2. The number of morpholine rings is 1. The number of esters is 1. The highest BCUT2D eigenvalue weighted by molar-refractivity contribution is 7.89. The number of carbonyl (C=O) groups excluding carboxylic acids is 1. The lowest BCUT2D eigenvalue weighted by molar-refractivity contribution is -0.0440. The monoisotopic (exact) mass is 393 g/mol. The molecule has 0 aliphatic carbocycles. The molecule has 9 heteroatoms. The van der Waals surface area contributed by atoms with E-state index in [4.69, 9.17) is 9.47 Å². The topological polar surface area (TPSA) is 90.7 Å². The molecule has 3 rings (SSSR count). The molecule has 1 aromatic carbocycles. The summed E-state index contributed by atoms with van der Waals surface area (Å²) in [7, 11) is -3.63. The van der Waals surface area contributed by atoms with Gasteiger partial charge in [0.15, 0.2) is 0 Å². The minimum atomic E-state index is -3.63. The molecule has 0 amide bonds. The number of hydrogen-bond donors (Lipinski definition) is 0. The first kappa shape index (κ1) is 19.5. The normalized spacial score (nSPS) is 21.1. The van der Waals surface area contributed by atoms with Gasteiger partial charge in [-0.3, -0.25) is 4.68 Å². The lowest BCUT2D eigenvalue weighted by Crippen LogP contribution is -2.48. The van der Waals surface area contributed by atoms with Crippen molar-refractivity contribution < 1.29 is 22.7 Å². The number of ether oxygens (including phenoxy) is 2. The van der Waals surface area contributed by atoms with E-state index in [1.807, 2.05) is 13.8 Å². The van der Waals surface area contributed by atoms with E-state index in [2.05, 4.69) is 5.10 Å². The van der Waals surface area contributed by atoms with E-state index in [1.165, 1.54) is 28.6 Å². The maximum atomic E-state index is 12.8. The zero-order chi connectivity index (χ0) is 19.4. The molecule has 0 radical (unpaired) electrons. The Morgan fingerprint density at radius 3 is 2.48 bits per heavy atom. The second-order valence-corrected chi connectivity index (χ2v) is 8.45. The minimum absolute atomic E-state index is 0.150. The lowest BCUT2D eigenvalue weighted by Gasteiger charge is -2.34. The number of rotatable bonds is 6. The van der Waals surface area contributed by atoms with Gasteiger partial charge in [-0.2, -0.15) is 9.40 Å². The summed E-state index contributed by atoms with van der Waals surface area (Å²) in [4.78, 5) is 12.2. The van der Waals surface area contributed by atoms with Crippen molar-refractivity contribution in [1.82, 2.24) is 14.1 Å². The Morgan fingerprint density at radius 2 is 1.89 bits per heavy atom. The highest BCUT2D eigenvalue weighted by Crippen LogP contribution is 2.21. The molecule has 2 unspecified atom stereocenters. The number of hydrogen-bond acceptors (Lipinski definition) is 6. The summed E-state index contributed by atoms with van der Waals surface area (Å²) in [5.74, 6) is -0.500. The van der Waals surface area contributed by atoms with Crippen LogP contribution in [0.25, 0.3) is 0 Å². The van der Waals surface area contributed by atoms with Crippen LogP contribution in [0.3, 0.4) is 0 Å². The SMILES string of the molecule is CC1CN(S(=O)(=O)c2ccc(C(=O)OCCn3cccn3)cc2)CC(C)O1. The van der Waals surface area contributed by atoms with Crippen LogP contribution >= 0.6 is 0 Å². The third-order valence-corrected chi connectivity index (χ3v) is 6.07. The summed E-state index contributed by atoms with van der Waals surface area (Å²) in [6.45, 7) is 4.96. The summed E-state index contributed by atoms with van der Waals surface area (Å²) < 4.78 is 39.5. The van der Waals surface area contributed by atoms with Gasteiger partial charge in [0.2, 0.25) is 10.0 Å². The molecule has 0 N–H and O–H groups in total. The molecule has 27 heavy (non-hydrogen) atoms. The van der Waals surface area contributed by atoms with Crippen molar-refractivity contribution in [3.05, 3.63) is 48.3 Å². The molecule has 1 aromatic heterocycles. The summed E-state index contributed by atoms with van der Waals surface area (Å²) in [6.07, 6.45) is 3.11. The fourth-order valence-electron chi connectivity index (χ4n) is 2.99. The molecular formula is C18H23N3O5S. The number of carbonyl (C=O) groups is 1. The molecule has 1 aliphatic rings. The number of sulfonamides is 1. The zero-order valence-electron chi connectivity index (χ0n) is 15.3. The number of aromatic nitrogens is 2. The molecule has 1 saturated heterocycles. The zero-order valence-corrected chi connectivity index (χ0v) is 16.1. The van der Waals surface area contributed by atoms with Crippen molar-refractivity contribution in [3.63, 3.8) is 0 Å². The van der Waals surface area contributed by atoms with Crippen molar-refractivity contribution in [2.24, 2.45) is 0 Å². The lowest BCUT2D eigenvalue weighted by atomic mass is 10.2. The molecule has 1 fully saturated rings. The van der Waals surface area contributed by atoms with Crippen LogP contribution in [0.1, 0.15) is 24.2 Å². The maximum Gasteiger partial charge on any atom is 0.338 e. The summed E-state index contributed by atoms with van der Waals surface area (Å²) in [5, 5.41) is 4.02. The van der Waals surface area contributed by atoms with Crippen LogP contribution in [0, 0.1) is 0 Å². The molecule has 1 aliphatic heterocycles. The summed E-state index contributed by atoms with van der Waals surface area (Å²) in [6, 6.07) is 7.60. The van der Waals surface area contributed by atoms with Crippen molar-refractivity contribution in [2.75, 3.05) is 19.7 Å². The highest BCUT2D eigenvalue weighted by atomic mass is 32.2. The minimum Gasteiger partial charge on any atom is -0.460 e. The Hall–Kier alpha value is -2.23. The van der Waals surface area contributed by atoms with E-state index < -0.39 is 16.0 Å². The Bertz CT molecular complexity index is 855. The third-order valence-electron chi connectivity index (χ3n) is 4.23. The van der Waals surface area contributed by atoms with Crippen LogP contribution < -0.4 is 0 Å². The van der Waals surface area contributed by atoms with E-state index in [0.29, 0.717) is 25.2 Å². The van der Waals surface area contributed by atoms with Gasteiger partial charge in [0.05, 0.1) is 29.2 Å². The van der Waals surface area contributed by atoms with Crippen LogP contribution in [-0.2, 0) is 26.0 Å². The predicted molar refractivity (Wildman–Crippen MR) is 97.7 cm³/mol. The van der Waals surface area contributed by atoms with Gasteiger partial charge in [-0.05, 0) is 44.2 Å². The Kier molecular flexibility index (Phi) is 5.93. The number of benzene rings is 1. The summed E-state index contributed by atoms with van der Waals surface area (Å²) in [5.41, 5.74) is 0.304. The van der Waals surface area contributed by atoms with Gasteiger partial charge in [0, 0.05) is 25.5 Å². The molecule has 0 spiro atoms. The third kappa shape index (κ3) is 4.74. The van der Waals surface area contributed by atoms with Gasteiger partial charge in [-0.15, -0.1) is 0 Å². The molecule has 0 saturated carbocycles. The van der Waals surface area contributed by atoms with Crippen molar-refractivity contribution in [3.8, 4) is 0 Å². The maximum absolute atomic E-state index is 12.8. The quantitative estimate of drug-likeness (QED) is 0.692. The smallest absolute Gasteiger partial charge is 0.338 e. The average molecular weight is 393 g/mol. The van der Waals surface area contributed by atoms with Gasteiger partial charge in [0.1, 0.15) is 6.61 Å². The largest absolute Gasteiger partial charge is 0.460 e. The van der Waals surface area contributed by atoms with E-state index in [1.54, 1.807) is 23.1 Å². The fourth-order valence-corrected chi connectivity index (χ4v) is 4.58. The predicted octanol–water partition coefficient (Wildman–Crippen LogP) is 1.54. The van der Waals surface area contributed by atoms with Gasteiger partial charge >= 0.3 is 5.97 Å². The standard InChI is InChI=1S/C18H23N3O5S/c1-14-12-21(13-15(2)26-14)27(23,24)17-6-4-16(5-7-17)18(22)25-11-10-20-9-3-8-19-20/h3-9,14-15H,10-13H2,1-2H3. The van der Waals surface area contributed by atoms with Crippen LogP contribution in [0.2, 0.25) is 0 Å². The van der Waals surface area contributed by atoms with Gasteiger partial charge in [-0.25, -0.2) is 13.2 Å². The van der Waals surface area contributed by atoms with Gasteiger partial charge in [0.25, 0.3) is 0 Å². The Morgan fingerprint density at radius 1 is 1.22 bits per heavy atom. The van der Waals surface area contributed by atoms with Crippen molar-refractivity contribution >= 4 is 16.0 Å². The molecule has 0 bridgehead atoms.